The summed E-state index contributed by atoms with van der Waals surface area (Å²) in [6, 6.07) is 13.2. The van der Waals surface area contributed by atoms with Gasteiger partial charge in [0.2, 0.25) is 5.91 Å². The molecule has 3 aromatic rings. The van der Waals surface area contributed by atoms with Crippen molar-refractivity contribution in [3.05, 3.63) is 52.7 Å². The summed E-state index contributed by atoms with van der Waals surface area (Å²) in [5.74, 6) is 2.30. The van der Waals surface area contributed by atoms with Crippen LogP contribution in [0.2, 0.25) is 0 Å². The SMILES string of the molecule is CCC(C)CN(CC(=O)N1CCN(c2ccc(-c3ccc(OC)c(OC)c3)nn2)CC1)C(=O)c1cccs1. The van der Waals surface area contributed by atoms with E-state index in [0.717, 1.165) is 23.5 Å². The Balaban J connectivity index is 1.35. The number of aromatic nitrogens is 2. The molecule has 1 unspecified atom stereocenters. The number of ether oxygens (including phenoxy) is 2. The van der Waals surface area contributed by atoms with Crippen LogP contribution in [0, 0.1) is 5.92 Å². The largest absolute Gasteiger partial charge is 0.493 e. The highest BCUT2D eigenvalue weighted by molar-refractivity contribution is 7.12. The predicted octanol–water partition coefficient (Wildman–Crippen LogP) is 4.06. The molecule has 0 aliphatic carbocycles. The van der Waals surface area contributed by atoms with Crippen LogP contribution >= 0.6 is 11.3 Å². The predicted molar refractivity (Wildman–Crippen MR) is 149 cm³/mol. The zero-order valence-electron chi connectivity index (χ0n) is 22.4. The molecular weight excluding hydrogens is 502 g/mol. The topological polar surface area (TPSA) is 88.1 Å². The van der Waals surface area contributed by atoms with Crippen molar-refractivity contribution in [1.29, 1.82) is 0 Å². The summed E-state index contributed by atoms with van der Waals surface area (Å²) >= 11 is 1.41. The fourth-order valence-electron chi connectivity index (χ4n) is 4.37. The number of amides is 2. The molecule has 1 saturated heterocycles. The third-order valence-corrected chi connectivity index (χ3v) is 7.72. The highest BCUT2D eigenvalue weighted by Crippen LogP contribution is 2.31. The molecule has 0 spiro atoms. The van der Waals surface area contributed by atoms with Crippen LogP contribution < -0.4 is 14.4 Å². The third kappa shape index (κ3) is 6.42. The van der Waals surface area contributed by atoms with Crippen molar-refractivity contribution in [3.8, 4) is 22.8 Å². The first-order valence-corrected chi connectivity index (χ1v) is 13.7. The maximum absolute atomic E-state index is 13.2. The normalized spacial score (nSPS) is 14.2. The number of carbonyl (C=O) groups excluding carboxylic acids is 2. The van der Waals surface area contributed by atoms with Crippen molar-refractivity contribution in [3.63, 3.8) is 0 Å². The summed E-state index contributed by atoms with van der Waals surface area (Å²) in [6.45, 7) is 7.32. The Morgan fingerprint density at radius 3 is 2.39 bits per heavy atom. The zero-order chi connectivity index (χ0) is 27.1. The van der Waals surface area contributed by atoms with Gasteiger partial charge in [-0.05, 0) is 47.7 Å². The lowest BCUT2D eigenvalue weighted by atomic mass is 10.1. The monoisotopic (exact) mass is 537 g/mol. The minimum absolute atomic E-state index is 0.0206. The number of methoxy groups -OCH3 is 2. The quantitative estimate of drug-likeness (QED) is 0.385. The molecule has 38 heavy (non-hydrogen) atoms. The van der Waals surface area contributed by atoms with Gasteiger partial charge in [-0.3, -0.25) is 9.59 Å². The fraction of sp³-hybridized carbons (Fsp3) is 0.429. The van der Waals surface area contributed by atoms with Crippen LogP contribution in [0.5, 0.6) is 11.5 Å². The van der Waals surface area contributed by atoms with Crippen molar-refractivity contribution >= 4 is 29.0 Å². The van der Waals surface area contributed by atoms with Crippen molar-refractivity contribution in [2.24, 2.45) is 5.92 Å². The van der Waals surface area contributed by atoms with Crippen molar-refractivity contribution in [2.45, 2.75) is 20.3 Å². The van der Waals surface area contributed by atoms with E-state index in [2.05, 4.69) is 28.9 Å². The summed E-state index contributed by atoms with van der Waals surface area (Å²) < 4.78 is 10.7. The first kappa shape index (κ1) is 27.4. The van der Waals surface area contributed by atoms with E-state index in [1.165, 1.54) is 11.3 Å². The summed E-state index contributed by atoms with van der Waals surface area (Å²) in [6.07, 6.45) is 0.951. The number of benzene rings is 1. The zero-order valence-corrected chi connectivity index (χ0v) is 23.2. The van der Waals surface area contributed by atoms with Crippen LogP contribution in [0.15, 0.2) is 47.8 Å². The van der Waals surface area contributed by atoms with E-state index in [1.807, 2.05) is 52.7 Å². The van der Waals surface area contributed by atoms with E-state index in [1.54, 1.807) is 19.1 Å². The van der Waals surface area contributed by atoms with Crippen molar-refractivity contribution < 1.29 is 19.1 Å². The second-order valence-electron chi connectivity index (χ2n) is 9.39. The van der Waals surface area contributed by atoms with Crippen LogP contribution in [0.3, 0.4) is 0 Å². The van der Waals surface area contributed by atoms with Crippen molar-refractivity contribution in [2.75, 3.05) is 58.4 Å². The Bertz CT molecular complexity index is 1210. The minimum atomic E-state index is -0.0721. The van der Waals surface area contributed by atoms with Gasteiger partial charge in [0.1, 0.15) is 6.54 Å². The van der Waals surface area contributed by atoms with Gasteiger partial charge in [-0.15, -0.1) is 21.5 Å². The van der Waals surface area contributed by atoms with Crippen molar-refractivity contribution in [1.82, 2.24) is 20.0 Å². The second-order valence-corrected chi connectivity index (χ2v) is 10.3. The first-order chi connectivity index (χ1) is 18.4. The van der Waals surface area contributed by atoms with Crippen LogP contribution in [0.4, 0.5) is 5.82 Å². The Hall–Kier alpha value is -3.66. The average Bonchev–Trinajstić information content (AvgIpc) is 3.51. The summed E-state index contributed by atoms with van der Waals surface area (Å²) in [5.41, 5.74) is 1.62. The summed E-state index contributed by atoms with van der Waals surface area (Å²) in [7, 11) is 3.21. The van der Waals surface area contributed by atoms with E-state index >= 15 is 0 Å². The molecule has 4 rings (SSSR count). The maximum atomic E-state index is 13.2. The molecule has 1 fully saturated rings. The second kappa shape index (κ2) is 12.7. The number of carbonyl (C=O) groups is 2. The molecule has 0 N–H and O–H groups in total. The highest BCUT2D eigenvalue weighted by Gasteiger charge is 2.27. The molecule has 202 valence electrons. The van der Waals surface area contributed by atoms with Crippen LogP contribution in [-0.4, -0.2) is 85.3 Å². The molecule has 1 aromatic carbocycles. The van der Waals surface area contributed by atoms with Crippen LogP contribution in [0.25, 0.3) is 11.3 Å². The number of rotatable bonds is 10. The fourth-order valence-corrected chi connectivity index (χ4v) is 5.06. The highest BCUT2D eigenvalue weighted by atomic mass is 32.1. The van der Waals surface area contributed by atoms with Gasteiger partial charge in [0.25, 0.3) is 5.91 Å². The molecule has 1 aliphatic heterocycles. The van der Waals surface area contributed by atoms with Gasteiger partial charge in [-0.2, -0.15) is 0 Å². The molecule has 9 nitrogen and oxygen atoms in total. The lowest BCUT2D eigenvalue weighted by Gasteiger charge is -2.36. The molecule has 3 heterocycles. The summed E-state index contributed by atoms with van der Waals surface area (Å²) in [5, 5.41) is 10.7. The van der Waals surface area contributed by atoms with Gasteiger partial charge in [0.05, 0.1) is 24.8 Å². The summed E-state index contributed by atoms with van der Waals surface area (Å²) in [4.78, 5) is 32.5. The Kier molecular flexibility index (Phi) is 9.17. The molecule has 2 amide bonds. The molecule has 10 heteroatoms. The number of hydrogen-bond donors (Lipinski definition) is 0. The number of piperazine rings is 1. The van der Waals surface area contributed by atoms with E-state index < -0.39 is 0 Å². The standard InChI is InChI=1S/C28H35N5O4S/c1-5-20(2)18-33(28(35)25-7-6-16-38-25)19-27(34)32-14-12-31(13-15-32)26-11-9-22(29-30-26)21-8-10-23(36-3)24(17-21)37-4/h6-11,16-17,20H,5,12-15,18-19H2,1-4H3. The average molecular weight is 538 g/mol. The Labute approximate surface area is 228 Å². The third-order valence-electron chi connectivity index (χ3n) is 6.86. The lowest BCUT2D eigenvalue weighted by molar-refractivity contribution is -0.132. The van der Waals surface area contributed by atoms with Gasteiger partial charge in [-0.1, -0.05) is 26.3 Å². The van der Waals surface area contributed by atoms with Crippen LogP contribution in [0.1, 0.15) is 29.9 Å². The molecule has 1 aliphatic rings. The number of anilines is 1. The molecule has 0 radical (unpaired) electrons. The first-order valence-electron chi connectivity index (χ1n) is 12.8. The van der Waals surface area contributed by atoms with Gasteiger partial charge in [-0.25, -0.2) is 0 Å². The van der Waals surface area contributed by atoms with E-state index in [4.69, 9.17) is 9.47 Å². The smallest absolute Gasteiger partial charge is 0.264 e. The lowest BCUT2D eigenvalue weighted by Crippen LogP contribution is -2.52. The van der Waals surface area contributed by atoms with E-state index in [9.17, 15) is 9.59 Å². The van der Waals surface area contributed by atoms with E-state index in [-0.39, 0.29) is 18.4 Å². The van der Waals surface area contributed by atoms with Crippen LogP contribution in [-0.2, 0) is 4.79 Å². The van der Waals surface area contributed by atoms with Gasteiger partial charge >= 0.3 is 0 Å². The number of nitrogens with zero attached hydrogens (tertiary/aromatic N) is 5. The molecule has 1 atom stereocenters. The van der Waals surface area contributed by atoms with Gasteiger partial charge in [0.15, 0.2) is 17.3 Å². The van der Waals surface area contributed by atoms with Gasteiger partial charge in [0, 0.05) is 38.3 Å². The molecule has 0 bridgehead atoms. The molecular formula is C28H35N5O4S. The molecule has 2 aromatic heterocycles. The van der Waals surface area contributed by atoms with E-state index in [0.29, 0.717) is 55.0 Å². The molecule has 0 saturated carbocycles. The minimum Gasteiger partial charge on any atom is -0.493 e. The number of thiophene rings is 1. The Morgan fingerprint density at radius 2 is 1.79 bits per heavy atom. The Morgan fingerprint density at radius 1 is 1.03 bits per heavy atom. The van der Waals surface area contributed by atoms with Gasteiger partial charge < -0.3 is 24.2 Å². The maximum Gasteiger partial charge on any atom is 0.264 e. The number of hydrogen-bond acceptors (Lipinski definition) is 8.